The first-order chi connectivity index (χ1) is 12.8. The lowest BCUT2D eigenvalue weighted by atomic mass is 10.0. The van der Waals surface area contributed by atoms with Gasteiger partial charge in [0, 0.05) is 37.4 Å². The van der Waals surface area contributed by atoms with E-state index in [0.29, 0.717) is 13.0 Å². The van der Waals surface area contributed by atoms with Crippen LogP contribution >= 0.6 is 0 Å². The summed E-state index contributed by atoms with van der Waals surface area (Å²) in [6, 6.07) is 14.3. The highest BCUT2D eigenvalue weighted by Gasteiger charge is 2.29. The minimum Gasteiger partial charge on any atom is -0.496 e. The second-order valence-corrected chi connectivity index (χ2v) is 6.89. The van der Waals surface area contributed by atoms with E-state index in [1.165, 1.54) is 11.3 Å². The lowest BCUT2D eigenvalue weighted by Gasteiger charge is -2.37. The maximum atomic E-state index is 13.1. The summed E-state index contributed by atoms with van der Waals surface area (Å²) in [5, 5.41) is 6.80. The summed E-state index contributed by atoms with van der Waals surface area (Å²) in [5.74, 6) is 1.00. The van der Waals surface area contributed by atoms with Crippen LogP contribution in [-0.2, 0) is 17.6 Å². The lowest BCUT2D eigenvalue weighted by Crippen LogP contribution is -2.49. The van der Waals surface area contributed by atoms with Gasteiger partial charge >= 0.3 is 0 Å². The highest BCUT2D eigenvalue weighted by Crippen LogP contribution is 2.31. The number of nitrogens with one attached hydrogen (secondary N) is 2. The summed E-state index contributed by atoms with van der Waals surface area (Å²) < 4.78 is 5.52. The number of fused-ring (bicyclic) bond motifs is 1. The number of ether oxygens (including phenoxy) is 1. The Morgan fingerprint density at radius 3 is 3.00 bits per heavy atom. The van der Waals surface area contributed by atoms with Crippen molar-refractivity contribution < 1.29 is 9.53 Å². The van der Waals surface area contributed by atoms with Gasteiger partial charge in [-0.05, 0) is 29.7 Å². The molecule has 0 bridgehead atoms. The van der Waals surface area contributed by atoms with Gasteiger partial charge in [0.25, 0.3) is 0 Å². The number of hydrogen-bond donors (Lipinski definition) is 2. The quantitative estimate of drug-likeness (QED) is 0.888. The molecule has 0 radical (unpaired) electrons. The van der Waals surface area contributed by atoms with Gasteiger partial charge in [-0.3, -0.25) is 4.79 Å². The Hall–Kier alpha value is -2.53. The van der Waals surface area contributed by atoms with Crippen LogP contribution in [0.25, 0.3) is 0 Å². The monoisotopic (exact) mass is 351 g/mol. The van der Waals surface area contributed by atoms with Crippen molar-refractivity contribution >= 4 is 11.6 Å². The van der Waals surface area contributed by atoms with Gasteiger partial charge in [0.2, 0.25) is 5.91 Å². The van der Waals surface area contributed by atoms with E-state index >= 15 is 0 Å². The van der Waals surface area contributed by atoms with Crippen LogP contribution in [0, 0.1) is 0 Å². The van der Waals surface area contributed by atoms with Crippen molar-refractivity contribution in [1.82, 2.24) is 10.2 Å². The molecular formula is C21H25N3O2. The zero-order valence-corrected chi connectivity index (χ0v) is 15.1. The number of para-hydroxylation sites is 1. The number of hydrogen-bond acceptors (Lipinski definition) is 4. The molecule has 5 nitrogen and oxygen atoms in total. The molecule has 0 aliphatic carbocycles. The molecule has 1 atom stereocenters. The first-order valence-corrected chi connectivity index (χ1v) is 9.25. The minimum absolute atomic E-state index is 0.0000442. The normalized spacial score (nSPS) is 19.0. The van der Waals surface area contributed by atoms with Crippen LogP contribution in [0.3, 0.4) is 0 Å². The van der Waals surface area contributed by atoms with Gasteiger partial charge in [0.15, 0.2) is 0 Å². The molecule has 26 heavy (non-hydrogen) atoms. The first-order valence-electron chi connectivity index (χ1n) is 9.25. The largest absolute Gasteiger partial charge is 0.496 e. The predicted molar refractivity (Wildman–Crippen MR) is 103 cm³/mol. The molecule has 1 unspecified atom stereocenters. The van der Waals surface area contributed by atoms with Crippen molar-refractivity contribution in [3.05, 3.63) is 59.2 Å². The van der Waals surface area contributed by atoms with Crippen LogP contribution in [0.5, 0.6) is 5.75 Å². The van der Waals surface area contributed by atoms with E-state index < -0.39 is 0 Å². The van der Waals surface area contributed by atoms with Gasteiger partial charge in [0.1, 0.15) is 5.75 Å². The molecule has 1 saturated heterocycles. The number of anilines is 1. The SMILES string of the molecule is COc1ccccc1C1CNCCN1C(=O)Cc1ccc2c(c1)NCC2. The van der Waals surface area contributed by atoms with Gasteiger partial charge in [0.05, 0.1) is 19.6 Å². The highest BCUT2D eigenvalue weighted by molar-refractivity contribution is 5.80. The summed E-state index contributed by atoms with van der Waals surface area (Å²) in [6.07, 6.45) is 1.50. The van der Waals surface area contributed by atoms with E-state index in [0.717, 1.165) is 42.9 Å². The molecule has 5 heteroatoms. The summed E-state index contributed by atoms with van der Waals surface area (Å²) in [4.78, 5) is 15.1. The third kappa shape index (κ3) is 3.27. The molecule has 1 fully saturated rings. The molecule has 0 aromatic heterocycles. The van der Waals surface area contributed by atoms with Crippen molar-refractivity contribution in [2.75, 3.05) is 38.6 Å². The average molecular weight is 351 g/mol. The van der Waals surface area contributed by atoms with E-state index in [2.05, 4.69) is 34.9 Å². The molecule has 2 aromatic carbocycles. The second-order valence-electron chi connectivity index (χ2n) is 6.89. The number of rotatable bonds is 4. The fourth-order valence-electron chi connectivity index (χ4n) is 3.95. The molecule has 136 valence electrons. The van der Waals surface area contributed by atoms with Gasteiger partial charge in [-0.2, -0.15) is 0 Å². The van der Waals surface area contributed by atoms with E-state index in [4.69, 9.17) is 4.74 Å². The van der Waals surface area contributed by atoms with Crippen LogP contribution < -0.4 is 15.4 Å². The smallest absolute Gasteiger partial charge is 0.227 e. The zero-order chi connectivity index (χ0) is 17.9. The molecule has 1 amide bonds. The molecule has 2 aliphatic rings. The third-order valence-electron chi connectivity index (χ3n) is 5.30. The van der Waals surface area contributed by atoms with Crippen molar-refractivity contribution in [3.63, 3.8) is 0 Å². The van der Waals surface area contributed by atoms with Gasteiger partial charge in [-0.15, -0.1) is 0 Å². The van der Waals surface area contributed by atoms with Crippen LogP contribution in [0.2, 0.25) is 0 Å². The Morgan fingerprint density at radius 2 is 2.12 bits per heavy atom. The maximum Gasteiger partial charge on any atom is 0.227 e. The van der Waals surface area contributed by atoms with E-state index in [1.54, 1.807) is 7.11 Å². The Labute approximate surface area is 154 Å². The molecule has 0 saturated carbocycles. The number of nitrogens with zero attached hydrogens (tertiary/aromatic N) is 1. The highest BCUT2D eigenvalue weighted by atomic mass is 16.5. The van der Waals surface area contributed by atoms with Gasteiger partial charge in [-0.25, -0.2) is 0 Å². The van der Waals surface area contributed by atoms with Crippen LogP contribution in [0.1, 0.15) is 22.7 Å². The zero-order valence-electron chi connectivity index (χ0n) is 15.1. The van der Waals surface area contributed by atoms with E-state index in [1.807, 2.05) is 23.1 Å². The van der Waals surface area contributed by atoms with Crippen molar-refractivity contribution in [2.45, 2.75) is 18.9 Å². The number of methoxy groups -OCH3 is 1. The molecule has 2 aromatic rings. The average Bonchev–Trinajstić information content (AvgIpc) is 3.15. The molecule has 4 rings (SSSR count). The lowest BCUT2D eigenvalue weighted by molar-refractivity contribution is -0.133. The summed E-state index contributed by atoms with van der Waals surface area (Å²) in [5.41, 5.74) is 4.65. The number of amides is 1. The van der Waals surface area contributed by atoms with E-state index in [9.17, 15) is 4.79 Å². The summed E-state index contributed by atoms with van der Waals surface area (Å²) in [7, 11) is 1.68. The number of carbonyl (C=O) groups excluding carboxylic acids is 1. The topological polar surface area (TPSA) is 53.6 Å². The van der Waals surface area contributed by atoms with Gasteiger partial charge < -0.3 is 20.3 Å². The molecule has 0 spiro atoms. The Morgan fingerprint density at radius 1 is 1.23 bits per heavy atom. The number of piperazine rings is 1. The maximum absolute atomic E-state index is 13.1. The molecule has 2 aliphatic heterocycles. The Balaban J connectivity index is 1.55. The third-order valence-corrected chi connectivity index (χ3v) is 5.30. The molecule has 2 heterocycles. The second kappa shape index (κ2) is 7.38. The van der Waals surface area contributed by atoms with Gasteiger partial charge in [-0.1, -0.05) is 30.3 Å². The first kappa shape index (κ1) is 16.9. The summed E-state index contributed by atoms with van der Waals surface area (Å²) >= 11 is 0. The number of carbonyl (C=O) groups is 1. The van der Waals surface area contributed by atoms with E-state index in [-0.39, 0.29) is 11.9 Å². The Bertz CT molecular complexity index is 806. The van der Waals surface area contributed by atoms with Crippen LogP contribution in [0.4, 0.5) is 5.69 Å². The van der Waals surface area contributed by atoms with Crippen LogP contribution in [0.15, 0.2) is 42.5 Å². The fraction of sp³-hybridized carbons (Fsp3) is 0.381. The number of benzene rings is 2. The molecule has 2 N–H and O–H groups in total. The van der Waals surface area contributed by atoms with Crippen molar-refractivity contribution in [3.8, 4) is 5.75 Å². The molecular weight excluding hydrogens is 326 g/mol. The minimum atomic E-state index is -0.0000442. The standard InChI is InChI=1S/C21H25N3O2/c1-26-20-5-3-2-4-17(20)19-14-22-10-11-24(19)21(25)13-15-6-7-16-8-9-23-18(16)12-15/h2-7,12,19,22-23H,8-11,13-14H2,1H3. The fourth-order valence-corrected chi connectivity index (χ4v) is 3.95. The summed E-state index contributed by atoms with van der Waals surface area (Å²) in [6.45, 7) is 3.27. The predicted octanol–water partition coefficient (Wildman–Crippen LogP) is 2.38. The van der Waals surface area contributed by atoms with Crippen molar-refractivity contribution in [2.24, 2.45) is 0 Å². The Kier molecular flexibility index (Phi) is 4.80. The van der Waals surface area contributed by atoms with Crippen molar-refractivity contribution in [1.29, 1.82) is 0 Å². The van der Waals surface area contributed by atoms with Crippen LogP contribution in [-0.4, -0.2) is 44.1 Å².